The van der Waals surface area contributed by atoms with Crippen molar-refractivity contribution >= 4 is 5.91 Å². The lowest BCUT2D eigenvalue weighted by atomic mass is 9.96. The van der Waals surface area contributed by atoms with Gasteiger partial charge in [-0.15, -0.1) is 0 Å². The fraction of sp³-hybridized carbons (Fsp3) is 0.409. The molecule has 2 aromatic rings. The highest BCUT2D eigenvalue weighted by molar-refractivity contribution is 5.79. The molecule has 4 nitrogen and oxygen atoms in total. The molecule has 0 radical (unpaired) electrons. The van der Waals surface area contributed by atoms with Crippen LogP contribution in [0.15, 0.2) is 48.5 Å². The monoisotopic (exact) mass is 352 g/mol. The zero-order valence-electron chi connectivity index (χ0n) is 15.7. The molecule has 0 spiro atoms. The predicted octanol–water partition coefficient (Wildman–Crippen LogP) is 3.40. The predicted molar refractivity (Wildman–Crippen MR) is 104 cm³/mol. The number of nitrogens with zero attached hydrogens (tertiary/aromatic N) is 1. The molecule has 2 aromatic carbocycles. The van der Waals surface area contributed by atoms with Crippen molar-refractivity contribution in [2.45, 2.75) is 33.4 Å². The maximum absolute atomic E-state index is 12.6. The largest absolute Gasteiger partial charge is 0.492 e. The van der Waals surface area contributed by atoms with Crippen molar-refractivity contribution in [3.05, 3.63) is 65.2 Å². The van der Waals surface area contributed by atoms with Crippen molar-refractivity contribution in [3.63, 3.8) is 0 Å². The SMILES string of the molecule is CCN(CC)Cc1ccccc1CNC(=O)C1COc2ccccc2C1. The van der Waals surface area contributed by atoms with Crippen LogP contribution < -0.4 is 10.1 Å². The van der Waals surface area contributed by atoms with Gasteiger partial charge in [0, 0.05) is 13.1 Å². The fourth-order valence-corrected chi connectivity index (χ4v) is 3.40. The van der Waals surface area contributed by atoms with Crippen molar-refractivity contribution in [2.24, 2.45) is 5.92 Å². The second-order valence-electron chi connectivity index (χ2n) is 6.77. The van der Waals surface area contributed by atoms with Crippen LogP contribution in [-0.2, 0) is 24.3 Å². The number of benzene rings is 2. The van der Waals surface area contributed by atoms with Crippen LogP contribution in [0.3, 0.4) is 0 Å². The third-order valence-corrected chi connectivity index (χ3v) is 5.11. The Labute approximate surface area is 156 Å². The molecule has 0 bridgehead atoms. The number of hydrogen-bond donors (Lipinski definition) is 1. The number of fused-ring (bicyclic) bond motifs is 1. The van der Waals surface area contributed by atoms with Gasteiger partial charge in [-0.2, -0.15) is 0 Å². The molecule has 1 aliphatic rings. The Morgan fingerprint density at radius 1 is 1.08 bits per heavy atom. The molecule has 3 rings (SSSR count). The number of para-hydroxylation sites is 1. The van der Waals surface area contributed by atoms with E-state index in [2.05, 4.69) is 42.3 Å². The fourth-order valence-electron chi connectivity index (χ4n) is 3.40. The van der Waals surface area contributed by atoms with Crippen LogP contribution in [0, 0.1) is 5.92 Å². The van der Waals surface area contributed by atoms with E-state index >= 15 is 0 Å². The molecule has 1 amide bonds. The van der Waals surface area contributed by atoms with Gasteiger partial charge in [0.1, 0.15) is 12.4 Å². The summed E-state index contributed by atoms with van der Waals surface area (Å²) in [6.07, 6.45) is 0.739. The zero-order valence-corrected chi connectivity index (χ0v) is 15.7. The number of hydrogen-bond acceptors (Lipinski definition) is 3. The second kappa shape index (κ2) is 8.86. The third kappa shape index (κ3) is 4.44. The lowest BCUT2D eigenvalue weighted by molar-refractivity contribution is -0.126. The normalized spacial score (nSPS) is 16.0. The first-order valence-corrected chi connectivity index (χ1v) is 9.48. The summed E-state index contributed by atoms with van der Waals surface area (Å²) < 4.78 is 5.75. The maximum atomic E-state index is 12.6. The second-order valence-corrected chi connectivity index (χ2v) is 6.77. The molecular weight excluding hydrogens is 324 g/mol. The van der Waals surface area contributed by atoms with Crippen molar-refractivity contribution in [1.29, 1.82) is 0 Å². The Bertz CT molecular complexity index is 740. The van der Waals surface area contributed by atoms with Crippen LogP contribution in [0.25, 0.3) is 0 Å². The molecule has 26 heavy (non-hydrogen) atoms. The van der Waals surface area contributed by atoms with Gasteiger partial charge in [-0.25, -0.2) is 0 Å². The van der Waals surface area contributed by atoms with Crippen molar-refractivity contribution < 1.29 is 9.53 Å². The first kappa shape index (κ1) is 18.5. The van der Waals surface area contributed by atoms with Crippen molar-refractivity contribution in [1.82, 2.24) is 10.2 Å². The van der Waals surface area contributed by atoms with Gasteiger partial charge in [0.2, 0.25) is 5.91 Å². The van der Waals surface area contributed by atoms with E-state index in [-0.39, 0.29) is 11.8 Å². The van der Waals surface area contributed by atoms with Crippen LogP contribution in [0.4, 0.5) is 0 Å². The molecule has 0 saturated carbocycles. The molecule has 4 heteroatoms. The topological polar surface area (TPSA) is 41.6 Å². The average molecular weight is 352 g/mol. The Hall–Kier alpha value is -2.33. The number of ether oxygens (including phenoxy) is 1. The van der Waals surface area contributed by atoms with Crippen LogP contribution >= 0.6 is 0 Å². The molecule has 138 valence electrons. The van der Waals surface area contributed by atoms with E-state index in [1.807, 2.05) is 30.3 Å². The summed E-state index contributed by atoms with van der Waals surface area (Å²) >= 11 is 0. The molecule has 1 N–H and O–H groups in total. The smallest absolute Gasteiger partial charge is 0.227 e. The first-order valence-electron chi connectivity index (χ1n) is 9.48. The highest BCUT2D eigenvalue weighted by atomic mass is 16.5. The van der Waals surface area contributed by atoms with E-state index in [9.17, 15) is 4.79 Å². The Kier molecular flexibility index (Phi) is 6.29. The number of rotatable bonds is 7. The standard InChI is InChI=1S/C22H28N2O2/c1-3-24(4-2)15-19-11-6-5-10-18(19)14-23-22(25)20-13-17-9-7-8-12-21(17)26-16-20/h5-12,20H,3-4,13-16H2,1-2H3,(H,23,25). The summed E-state index contributed by atoms with van der Waals surface area (Å²) in [5.41, 5.74) is 3.58. The van der Waals surface area contributed by atoms with Crippen molar-refractivity contribution in [3.8, 4) is 5.75 Å². The quantitative estimate of drug-likeness (QED) is 0.830. The van der Waals surface area contributed by atoms with E-state index < -0.39 is 0 Å². The number of carbonyl (C=O) groups excluding carboxylic acids is 1. The van der Waals surface area contributed by atoms with E-state index in [0.717, 1.165) is 37.4 Å². The molecular formula is C22H28N2O2. The van der Waals surface area contributed by atoms with E-state index in [1.54, 1.807) is 0 Å². The van der Waals surface area contributed by atoms with Crippen LogP contribution in [-0.4, -0.2) is 30.5 Å². The Morgan fingerprint density at radius 3 is 2.54 bits per heavy atom. The van der Waals surface area contributed by atoms with Crippen molar-refractivity contribution in [2.75, 3.05) is 19.7 Å². The van der Waals surface area contributed by atoms with Gasteiger partial charge in [0.05, 0.1) is 5.92 Å². The van der Waals surface area contributed by atoms with Gasteiger partial charge in [-0.1, -0.05) is 56.3 Å². The van der Waals surface area contributed by atoms with Gasteiger partial charge < -0.3 is 10.1 Å². The molecule has 0 aromatic heterocycles. The summed E-state index contributed by atoms with van der Waals surface area (Å²) in [4.78, 5) is 15.0. The number of carbonyl (C=O) groups is 1. The molecule has 1 unspecified atom stereocenters. The number of nitrogens with one attached hydrogen (secondary N) is 1. The van der Waals surface area contributed by atoms with Crippen LogP contribution in [0.5, 0.6) is 5.75 Å². The van der Waals surface area contributed by atoms with E-state index in [1.165, 1.54) is 11.1 Å². The molecule has 1 atom stereocenters. The lowest BCUT2D eigenvalue weighted by Gasteiger charge is -2.25. The molecule has 0 aliphatic carbocycles. The van der Waals surface area contributed by atoms with Gasteiger partial charge >= 0.3 is 0 Å². The summed E-state index contributed by atoms with van der Waals surface area (Å²) in [5.74, 6) is 0.845. The lowest BCUT2D eigenvalue weighted by Crippen LogP contribution is -2.37. The highest BCUT2D eigenvalue weighted by Gasteiger charge is 2.25. The van der Waals surface area contributed by atoms with E-state index in [4.69, 9.17) is 4.74 Å². The minimum Gasteiger partial charge on any atom is -0.492 e. The molecule has 1 aliphatic heterocycles. The highest BCUT2D eigenvalue weighted by Crippen LogP contribution is 2.26. The minimum atomic E-state index is -0.125. The van der Waals surface area contributed by atoms with Gasteiger partial charge in [-0.3, -0.25) is 9.69 Å². The third-order valence-electron chi connectivity index (χ3n) is 5.11. The number of amides is 1. The maximum Gasteiger partial charge on any atom is 0.227 e. The van der Waals surface area contributed by atoms with E-state index in [0.29, 0.717) is 13.2 Å². The minimum absolute atomic E-state index is 0.0668. The molecule has 1 heterocycles. The average Bonchev–Trinajstić information content (AvgIpc) is 2.70. The Morgan fingerprint density at radius 2 is 1.77 bits per heavy atom. The van der Waals surface area contributed by atoms with Crippen LogP contribution in [0.1, 0.15) is 30.5 Å². The van der Waals surface area contributed by atoms with Gasteiger partial charge in [0.25, 0.3) is 0 Å². The van der Waals surface area contributed by atoms with Crippen LogP contribution in [0.2, 0.25) is 0 Å². The first-order chi connectivity index (χ1) is 12.7. The summed E-state index contributed by atoms with van der Waals surface area (Å²) in [6, 6.07) is 16.3. The molecule has 0 saturated heterocycles. The van der Waals surface area contributed by atoms with Gasteiger partial charge in [-0.05, 0) is 42.3 Å². The Balaban J connectivity index is 1.60. The summed E-state index contributed by atoms with van der Waals surface area (Å²) in [6.45, 7) is 8.33. The zero-order chi connectivity index (χ0) is 18.4. The van der Waals surface area contributed by atoms with Gasteiger partial charge in [0.15, 0.2) is 0 Å². The molecule has 0 fully saturated rings. The summed E-state index contributed by atoms with van der Waals surface area (Å²) in [5, 5.41) is 3.11. The summed E-state index contributed by atoms with van der Waals surface area (Å²) in [7, 11) is 0.